The van der Waals surface area contributed by atoms with Crippen LogP contribution in [0.5, 0.6) is 0 Å². The molecule has 3 atom stereocenters. The summed E-state index contributed by atoms with van der Waals surface area (Å²) in [6.07, 6.45) is -0.243. The highest BCUT2D eigenvalue weighted by atomic mass is 16.8. The first-order valence-corrected chi connectivity index (χ1v) is 6.98. The van der Waals surface area contributed by atoms with Crippen LogP contribution in [0.1, 0.15) is 41.0 Å². The van der Waals surface area contributed by atoms with E-state index >= 15 is 0 Å². The molecule has 2 aliphatic heterocycles. The topological polar surface area (TPSA) is 63.2 Å². The summed E-state index contributed by atoms with van der Waals surface area (Å²) in [4.78, 5) is 11.3. The van der Waals surface area contributed by atoms with Gasteiger partial charge in [0.25, 0.3) is 0 Å². The maximum absolute atomic E-state index is 11.3. The molecule has 2 saturated heterocycles. The Hall–Kier alpha value is -0.690. The van der Waals surface area contributed by atoms with Crippen molar-refractivity contribution in [2.45, 2.75) is 70.9 Å². The lowest BCUT2D eigenvalue weighted by Crippen LogP contribution is -2.37. The number of rotatable bonds is 4. The standard InChI is InChI=1S/C14H24O6/c1-9(15)18-11(12-8-17-14(4,5)20-12)6-10-7-16-13(2,3)19-10/h10-12H,6-8H2,1-5H3/t10-,11-,12+/m0/s1. The van der Waals surface area contributed by atoms with E-state index in [2.05, 4.69) is 0 Å². The van der Waals surface area contributed by atoms with Crippen LogP contribution in [0.4, 0.5) is 0 Å². The molecule has 0 aromatic heterocycles. The third-order valence-electron chi connectivity index (χ3n) is 3.32. The van der Waals surface area contributed by atoms with E-state index in [0.29, 0.717) is 19.6 Å². The van der Waals surface area contributed by atoms with Crippen molar-refractivity contribution in [3.63, 3.8) is 0 Å². The minimum Gasteiger partial charge on any atom is -0.460 e. The quantitative estimate of drug-likeness (QED) is 0.732. The molecule has 6 nitrogen and oxygen atoms in total. The highest BCUT2D eigenvalue weighted by molar-refractivity contribution is 5.66. The zero-order valence-corrected chi connectivity index (χ0v) is 12.8. The average molecular weight is 288 g/mol. The van der Waals surface area contributed by atoms with Crippen molar-refractivity contribution in [3.05, 3.63) is 0 Å². The molecular formula is C14H24O6. The Kier molecular flexibility index (Phi) is 4.39. The maximum Gasteiger partial charge on any atom is 0.302 e. The zero-order valence-electron chi connectivity index (χ0n) is 12.8. The molecule has 0 aliphatic carbocycles. The van der Waals surface area contributed by atoms with Crippen LogP contribution in [0, 0.1) is 0 Å². The summed E-state index contributed by atoms with van der Waals surface area (Å²) in [6.45, 7) is 9.71. The first-order chi connectivity index (χ1) is 9.17. The van der Waals surface area contributed by atoms with Gasteiger partial charge in [-0.25, -0.2) is 0 Å². The molecule has 0 radical (unpaired) electrons. The third kappa shape index (κ3) is 4.15. The van der Waals surface area contributed by atoms with Crippen LogP contribution >= 0.6 is 0 Å². The van der Waals surface area contributed by atoms with Gasteiger partial charge >= 0.3 is 5.97 Å². The number of carbonyl (C=O) groups excluding carboxylic acids is 1. The Morgan fingerprint density at radius 3 is 2.20 bits per heavy atom. The third-order valence-corrected chi connectivity index (χ3v) is 3.32. The Labute approximate surface area is 119 Å². The van der Waals surface area contributed by atoms with Crippen LogP contribution in [0.15, 0.2) is 0 Å². The number of hydrogen-bond donors (Lipinski definition) is 0. The highest BCUT2D eigenvalue weighted by Crippen LogP contribution is 2.30. The van der Waals surface area contributed by atoms with Gasteiger partial charge in [-0.1, -0.05) is 0 Å². The summed E-state index contributed by atoms with van der Waals surface area (Å²) in [5, 5.41) is 0. The van der Waals surface area contributed by atoms with Crippen molar-refractivity contribution < 1.29 is 28.5 Å². The van der Waals surface area contributed by atoms with Gasteiger partial charge in [-0.3, -0.25) is 4.79 Å². The fourth-order valence-corrected chi connectivity index (χ4v) is 2.53. The largest absolute Gasteiger partial charge is 0.460 e. The van der Waals surface area contributed by atoms with E-state index in [9.17, 15) is 4.79 Å². The van der Waals surface area contributed by atoms with E-state index in [-0.39, 0.29) is 18.2 Å². The molecule has 2 rings (SSSR count). The molecule has 0 bridgehead atoms. The molecule has 0 spiro atoms. The molecule has 0 N–H and O–H groups in total. The Bertz CT molecular complexity index is 365. The predicted molar refractivity (Wildman–Crippen MR) is 70.0 cm³/mol. The molecule has 0 aromatic rings. The Morgan fingerprint density at radius 1 is 1.15 bits per heavy atom. The molecule has 0 amide bonds. The Morgan fingerprint density at radius 2 is 1.75 bits per heavy atom. The van der Waals surface area contributed by atoms with E-state index in [1.165, 1.54) is 6.92 Å². The predicted octanol–water partition coefficient (Wildman–Crippen LogP) is 1.61. The van der Waals surface area contributed by atoms with E-state index in [1.807, 2.05) is 27.7 Å². The van der Waals surface area contributed by atoms with Gasteiger partial charge in [0.05, 0.1) is 19.3 Å². The van der Waals surface area contributed by atoms with Crippen LogP contribution in [0.3, 0.4) is 0 Å². The summed E-state index contributed by atoms with van der Waals surface area (Å²) >= 11 is 0. The SMILES string of the molecule is CC(=O)O[C@@H](C[C@H]1COC(C)(C)O1)[C@H]1COC(C)(C)O1. The van der Waals surface area contributed by atoms with E-state index < -0.39 is 17.7 Å². The van der Waals surface area contributed by atoms with Crippen molar-refractivity contribution in [2.75, 3.05) is 13.2 Å². The van der Waals surface area contributed by atoms with Gasteiger partial charge in [0.15, 0.2) is 11.6 Å². The Balaban J connectivity index is 1.96. The molecule has 2 aliphatic rings. The highest BCUT2D eigenvalue weighted by Gasteiger charge is 2.42. The van der Waals surface area contributed by atoms with Gasteiger partial charge in [0.2, 0.25) is 0 Å². The van der Waals surface area contributed by atoms with Crippen LogP contribution in [0.25, 0.3) is 0 Å². The molecule has 6 heteroatoms. The monoisotopic (exact) mass is 288 g/mol. The molecule has 116 valence electrons. The summed E-state index contributed by atoms with van der Waals surface area (Å²) in [5.41, 5.74) is 0. The molecular weight excluding hydrogens is 264 g/mol. The van der Waals surface area contributed by atoms with Gasteiger partial charge in [-0.2, -0.15) is 0 Å². The number of hydrogen-bond acceptors (Lipinski definition) is 6. The second-order valence-electron chi connectivity index (χ2n) is 6.20. The maximum atomic E-state index is 11.3. The second-order valence-corrected chi connectivity index (χ2v) is 6.20. The number of carbonyl (C=O) groups is 1. The molecule has 0 unspecified atom stereocenters. The fraction of sp³-hybridized carbons (Fsp3) is 0.929. The van der Waals surface area contributed by atoms with E-state index in [0.717, 1.165) is 0 Å². The van der Waals surface area contributed by atoms with Gasteiger partial charge in [-0.05, 0) is 27.7 Å². The van der Waals surface area contributed by atoms with Gasteiger partial charge in [-0.15, -0.1) is 0 Å². The minimum absolute atomic E-state index is 0.110. The van der Waals surface area contributed by atoms with Gasteiger partial charge in [0, 0.05) is 13.3 Å². The van der Waals surface area contributed by atoms with Crippen molar-refractivity contribution in [1.82, 2.24) is 0 Å². The van der Waals surface area contributed by atoms with Crippen LogP contribution in [-0.4, -0.2) is 49.1 Å². The normalized spacial score (nSPS) is 33.0. The van der Waals surface area contributed by atoms with Crippen molar-refractivity contribution in [3.8, 4) is 0 Å². The van der Waals surface area contributed by atoms with Crippen LogP contribution < -0.4 is 0 Å². The summed E-state index contributed by atoms with van der Waals surface area (Å²) in [5.74, 6) is -1.56. The fourth-order valence-electron chi connectivity index (χ4n) is 2.53. The molecule has 2 heterocycles. The molecule has 2 fully saturated rings. The minimum atomic E-state index is -0.643. The first kappa shape index (κ1) is 15.7. The smallest absolute Gasteiger partial charge is 0.302 e. The zero-order chi connectivity index (χ0) is 15.0. The summed E-state index contributed by atoms with van der Waals surface area (Å²) in [7, 11) is 0. The second kappa shape index (κ2) is 5.60. The molecule has 0 aromatic carbocycles. The first-order valence-electron chi connectivity index (χ1n) is 6.98. The summed E-state index contributed by atoms with van der Waals surface area (Å²) in [6, 6.07) is 0. The van der Waals surface area contributed by atoms with E-state index in [4.69, 9.17) is 23.7 Å². The van der Waals surface area contributed by atoms with Crippen molar-refractivity contribution in [2.24, 2.45) is 0 Å². The lowest BCUT2D eigenvalue weighted by atomic mass is 10.1. The van der Waals surface area contributed by atoms with Gasteiger partial charge in [0.1, 0.15) is 12.2 Å². The lowest BCUT2D eigenvalue weighted by molar-refractivity contribution is -0.175. The lowest BCUT2D eigenvalue weighted by Gasteiger charge is -2.26. The average Bonchev–Trinajstić information content (AvgIpc) is 2.80. The molecule has 20 heavy (non-hydrogen) atoms. The van der Waals surface area contributed by atoms with Crippen LogP contribution in [0.2, 0.25) is 0 Å². The molecule has 0 saturated carbocycles. The van der Waals surface area contributed by atoms with Gasteiger partial charge < -0.3 is 23.7 Å². The van der Waals surface area contributed by atoms with Crippen molar-refractivity contribution >= 4 is 5.97 Å². The van der Waals surface area contributed by atoms with Crippen molar-refractivity contribution in [1.29, 1.82) is 0 Å². The van der Waals surface area contributed by atoms with E-state index in [1.54, 1.807) is 0 Å². The number of ether oxygens (including phenoxy) is 5. The number of esters is 1. The summed E-state index contributed by atoms with van der Waals surface area (Å²) < 4.78 is 28.0. The van der Waals surface area contributed by atoms with Crippen LogP contribution in [-0.2, 0) is 28.5 Å².